The Balaban J connectivity index is 2.02. The number of benzene rings is 1. The maximum atomic E-state index is 12.0. The number of hydrogen-bond donors (Lipinski definition) is 2. The van der Waals surface area contributed by atoms with E-state index in [-0.39, 0.29) is 21.5 Å². The van der Waals surface area contributed by atoms with Gasteiger partial charge in [-0.15, -0.1) is 0 Å². The molecule has 6 nitrogen and oxygen atoms in total. The Morgan fingerprint density at radius 3 is 2.40 bits per heavy atom. The lowest BCUT2D eigenvalue weighted by Gasteiger charge is -2.11. The molecule has 0 atom stereocenters. The maximum absolute atomic E-state index is 12.0. The van der Waals surface area contributed by atoms with Gasteiger partial charge in [0.1, 0.15) is 0 Å². The average molecular weight is 332 g/mol. The fourth-order valence-electron chi connectivity index (χ4n) is 1.62. The SMILES string of the molecule is O=S1(=O)CC=C(NC(=S)NS(=O)(=O)c2ccccc2)C1. The second kappa shape index (κ2) is 5.51. The van der Waals surface area contributed by atoms with Crippen LogP contribution in [0.15, 0.2) is 47.0 Å². The first-order valence-corrected chi connectivity index (χ1v) is 9.28. The van der Waals surface area contributed by atoms with Gasteiger partial charge < -0.3 is 5.32 Å². The van der Waals surface area contributed by atoms with E-state index in [1.54, 1.807) is 18.2 Å². The lowest BCUT2D eigenvalue weighted by Crippen LogP contribution is -2.39. The first-order valence-electron chi connectivity index (χ1n) is 5.57. The van der Waals surface area contributed by atoms with Gasteiger partial charge >= 0.3 is 0 Å². The van der Waals surface area contributed by atoms with Crippen molar-refractivity contribution in [3.63, 3.8) is 0 Å². The third-order valence-corrected chi connectivity index (χ3v) is 5.64. The maximum Gasteiger partial charge on any atom is 0.263 e. The van der Waals surface area contributed by atoms with E-state index in [4.69, 9.17) is 12.2 Å². The summed E-state index contributed by atoms with van der Waals surface area (Å²) in [5.41, 5.74) is 0.380. The van der Waals surface area contributed by atoms with Gasteiger partial charge in [-0.25, -0.2) is 16.8 Å². The topological polar surface area (TPSA) is 92.3 Å². The van der Waals surface area contributed by atoms with Gasteiger partial charge in [0.2, 0.25) is 0 Å². The molecule has 2 rings (SSSR count). The molecule has 0 saturated heterocycles. The number of thiocarbonyl (C=S) groups is 1. The summed E-state index contributed by atoms with van der Waals surface area (Å²) in [6.07, 6.45) is 1.47. The van der Waals surface area contributed by atoms with Crippen LogP contribution in [0.5, 0.6) is 0 Å². The molecule has 0 aliphatic carbocycles. The van der Waals surface area contributed by atoms with Crippen LogP contribution in [0.3, 0.4) is 0 Å². The van der Waals surface area contributed by atoms with Gasteiger partial charge in [0.15, 0.2) is 14.9 Å². The van der Waals surface area contributed by atoms with Gasteiger partial charge in [0.05, 0.1) is 16.4 Å². The molecule has 9 heteroatoms. The molecule has 0 fully saturated rings. The van der Waals surface area contributed by atoms with Gasteiger partial charge in [0, 0.05) is 5.70 Å². The van der Waals surface area contributed by atoms with E-state index in [2.05, 4.69) is 10.0 Å². The smallest absolute Gasteiger partial charge is 0.263 e. The van der Waals surface area contributed by atoms with Crippen molar-refractivity contribution < 1.29 is 16.8 Å². The molecule has 20 heavy (non-hydrogen) atoms. The van der Waals surface area contributed by atoms with Gasteiger partial charge in [-0.1, -0.05) is 18.2 Å². The number of sulfonamides is 1. The molecule has 0 spiro atoms. The van der Waals surface area contributed by atoms with E-state index in [1.807, 2.05) is 0 Å². The van der Waals surface area contributed by atoms with Crippen LogP contribution in [0.1, 0.15) is 0 Å². The monoisotopic (exact) mass is 332 g/mol. The Labute approximate surface area is 122 Å². The van der Waals surface area contributed by atoms with E-state index >= 15 is 0 Å². The molecule has 1 heterocycles. The van der Waals surface area contributed by atoms with Gasteiger partial charge in [-0.2, -0.15) is 0 Å². The average Bonchev–Trinajstić information content (AvgIpc) is 2.69. The summed E-state index contributed by atoms with van der Waals surface area (Å²) >= 11 is 4.88. The molecule has 0 amide bonds. The van der Waals surface area contributed by atoms with Gasteiger partial charge in [-0.3, -0.25) is 4.72 Å². The van der Waals surface area contributed by atoms with E-state index in [0.29, 0.717) is 5.70 Å². The molecule has 1 aromatic carbocycles. The fraction of sp³-hybridized carbons (Fsp3) is 0.182. The molecule has 1 aliphatic heterocycles. The van der Waals surface area contributed by atoms with E-state index in [0.717, 1.165) is 0 Å². The highest BCUT2D eigenvalue weighted by molar-refractivity contribution is 7.92. The van der Waals surface area contributed by atoms with Crippen molar-refractivity contribution in [2.75, 3.05) is 11.5 Å². The first kappa shape index (κ1) is 14.9. The Morgan fingerprint density at radius 2 is 1.85 bits per heavy atom. The normalized spacial score (nSPS) is 17.3. The Bertz CT molecular complexity index is 752. The van der Waals surface area contributed by atoms with Crippen molar-refractivity contribution in [2.45, 2.75) is 4.90 Å². The zero-order chi connectivity index (χ0) is 14.8. The van der Waals surface area contributed by atoms with Gasteiger partial charge in [-0.05, 0) is 30.4 Å². The molecular weight excluding hydrogens is 320 g/mol. The first-order chi connectivity index (χ1) is 9.28. The van der Waals surface area contributed by atoms with Crippen molar-refractivity contribution in [3.05, 3.63) is 42.1 Å². The summed E-state index contributed by atoms with van der Waals surface area (Å²) in [6, 6.07) is 7.76. The second-order valence-corrected chi connectivity index (χ2v) is 8.36. The lowest BCUT2D eigenvalue weighted by atomic mass is 10.4. The molecule has 0 unspecified atom stereocenters. The molecule has 0 bridgehead atoms. The number of rotatable bonds is 3. The molecule has 2 N–H and O–H groups in total. The highest BCUT2D eigenvalue weighted by Gasteiger charge is 2.21. The predicted molar refractivity (Wildman–Crippen MR) is 79.2 cm³/mol. The highest BCUT2D eigenvalue weighted by atomic mass is 32.2. The standard InChI is InChI=1S/C11H12N2O4S3/c14-19(15)7-6-9(8-19)12-11(18)13-20(16,17)10-4-2-1-3-5-10/h1-6H,7-8H2,(H2,12,13,18). The number of nitrogens with one attached hydrogen (secondary N) is 2. The van der Waals surface area contributed by atoms with Crippen molar-refractivity contribution in [3.8, 4) is 0 Å². The third-order valence-electron chi connectivity index (χ3n) is 2.51. The predicted octanol–water partition coefficient (Wildman–Crippen LogP) is 0.152. The zero-order valence-corrected chi connectivity index (χ0v) is 12.7. The van der Waals surface area contributed by atoms with Crippen LogP contribution in [-0.4, -0.2) is 33.5 Å². The van der Waals surface area contributed by atoms with Crippen LogP contribution in [0.2, 0.25) is 0 Å². The van der Waals surface area contributed by atoms with Crippen molar-refractivity contribution in [1.82, 2.24) is 10.0 Å². The number of hydrogen-bond acceptors (Lipinski definition) is 5. The fourth-order valence-corrected chi connectivity index (χ4v) is 4.25. The van der Waals surface area contributed by atoms with E-state index < -0.39 is 19.9 Å². The molecular formula is C11H12N2O4S3. The molecule has 1 aliphatic rings. The molecule has 1 aromatic rings. The molecule has 108 valence electrons. The zero-order valence-electron chi connectivity index (χ0n) is 10.2. The van der Waals surface area contributed by atoms with Crippen LogP contribution < -0.4 is 10.0 Å². The minimum atomic E-state index is -3.76. The molecule has 0 saturated carbocycles. The minimum Gasteiger partial charge on any atom is -0.335 e. The second-order valence-electron chi connectivity index (χ2n) is 4.16. The third kappa shape index (κ3) is 3.78. The van der Waals surface area contributed by atoms with Crippen LogP contribution >= 0.6 is 12.2 Å². The summed E-state index contributed by atoms with van der Waals surface area (Å²) in [7, 11) is -6.89. The lowest BCUT2D eigenvalue weighted by molar-refractivity contribution is 0.592. The quantitative estimate of drug-likeness (QED) is 0.766. The Hall–Kier alpha value is -1.45. The largest absolute Gasteiger partial charge is 0.335 e. The summed E-state index contributed by atoms with van der Waals surface area (Å²) in [5, 5.41) is 2.43. The van der Waals surface area contributed by atoms with E-state index in [1.165, 1.54) is 18.2 Å². The Morgan fingerprint density at radius 1 is 1.20 bits per heavy atom. The molecule has 0 aromatic heterocycles. The number of sulfone groups is 1. The Kier molecular flexibility index (Phi) is 4.11. The van der Waals surface area contributed by atoms with Crippen LogP contribution in [0.4, 0.5) is 0 Å². The van der Waals surface area contributed by atoms with Crippen molar-refractivity contribution in [1.29, 1.82) is 0 Å². The van der Waals surface area contributed by atoms with Crippen molar-refractivity contribution >= 4 is 37.2 Å². The minimum absolute atomic E-state index is 0.0661. The highest BCUT2D eigenvalue weighted by Crippen LogP contribution is 2.09. The van der Waals surface area contributed by atoms with Crippen molar-refractivity contribution in [2.24, 2.45) is 0 Å². The summed E-state index contributed by atoms with van der Waals surface area (Å²) < 4.78 is 48.6. The van der Waals surface area contributed by atoms with Crippen LogP contribution in [-0.2, 0) is 19.9 Å². The van der Waals surface area contributed by atoms with Crippen LogP contribution in [0.25, 0.3) is 0 Å². The molecule has 0 radical (unpaired) electrons. The van der Waals surface area contributed by atoms with Gasteiger partial charge in [0.25, 0.3) is 10.0 Å². The van der Waals surface area contributed by atoms with E-state index in [9.17, 15) is 16.8 Å². The van der Waals surface area contributed by atoms with Crippen LogP contribution in [0, 0.1) is 0 Å². The summed E-state index contributed by atoms with van der Waals surface area (Å²) in [6.45, 7) is 0. The summed E-state index contributed by atoms with van der Waals surface area (Å²) in [4.78, 5) is 0.0807. The summed E-state index contributed by atoms with van der Waals surface area (Å²) in [5.74, 6) is -0.233.